The molecule has 0 spiro atoms. The summed E-state index contributed by atoms with van der Waals surface area (Å²) in [6.07, 6.45) is 4.94. The first-order chi connectivity index (χ1) is 12.8. The molecule has 2 heterocycles. The molecule has 2 aromatic carbocycles. The standard InChI is InChI=1S/C19H16N6O/c1-26-16-9-7-14(8-10-16)11-22-24-18-17-12-23-25(19(17)21-13-20-18)15-5-3-2-4-6-15/h2-13H,1H3,(H,20,21,24)/b22-11-. The molecule has 128 valence electrons. The van der Waals surface area contributed by atoms with Crippen molar-refractivity contribution in [2.75, 3.05) is 12.5 Å². The highest BCUT2D eigenvalue weighted by Crippen LogP contribution is 2.21. The summed E-state index contributed by atoms with van der Waals surface area (Å²) in [5.41, 5.74) is 5.57. The summed E-state index contributed by atoms with van der Waals surface area (Å²) in [4.78, 5) is 8.61. The molecular weight excluding hydrogens is 328 g/mol. The zero-order valence-corrected chi connectivity index (χ0v) is 14.1. The molecule has 0 saturated carbocycles. The summed E-state index contributed by atoms with van der Waals surface area (Å²) < 4.78 is 6.92. The number of fused-ring (bicyclic) bond motifs is 1. The fourth-order valence-electron chi connectivity index (χ4n) is 2.55. The molecule has 1 N–H and O–H groups in total. The van der Waals surface area contributed by atoms with Crippen LogP contribution in [0.3, 0.4) is 0 Å². The van der Waals surface area contributed by atoms with E-state index in [-0.39, 0.29) is 0 Å². The van der Waals surface area contributed by atoms with Crippen LogP contribution >= 0.6 is 0 Å². The van der Waals surface area contributed by atoms with Crippen LogP contribution in [0.2, 0.25) is 0 Å². The van der Waals surface area contributed by atoms with Gasteiger partial charge in [0.25, 0.3) is 0 Å². The molecule has 0 fully saturated rings. The minimum Gasteiger partial charge on any atom is -0.497 e. The molecular formula is C19H16N6O. The number of methoxy groups -OCH3 is 1. The zero-order valence-electron chi connectivity index (χ0n) is 14.1. The third kappa shape index (κ3) is 3.10. The molecule has 0 saturated heterocycles. The summed E-state index contributed by atoms with van der Waals surface area (Å²) in [6.45, 7) is 0. The number of aromatic nitrogens is 4. The van der Waals surface area contributed by atoms with Gasteiger partial charge in [-0.2, -0.15) is 10.2 Å². The Hall–Kier alpha value is -3.74. The number of nitrogens with zero attached hydrogens (tertiary/aromatic N) is 5. The van der Waals surface area contributed by atoms with Crippen molar-refractivity contribution in [3.05, 3.63) is 72.7 Å². The lowest BCUT2D eigenvalue weighted by Gasteiger charge is -2.03. The summed E-state index contributed by atoms with van der Waals surface area (Å²) in [5, 5.41) is 9.47. The average Bonchev–Trinajstić information content (AvgIpc) is 3.14. The Kier molecular flexibility index (Phi) is 4.26. The molecule has 7 nitrogen and oxygen atoms in total. The van der Waals surface area contributed by atoms with Gasteiger partial charge in [-0.1, -0.05) is 18.2 Å². The zero-order chi connectivity index (χ0) is 17.8. The van der Waals surface area contributed by atoms with E-state index in [1.807, 2.05) is 54.6 Å². The molecule has 4 rings (SSSR count). The Balaban J connectivity index is 1.59. The van der Waals surface area contributed by atoms with Crippen LogP contribution in [-0.4, -0.2) is 33.1 Å². The van der Waals surface area contributed by atoms with Crippen LogP contribution in [0.5, 0.6) is 5.75 Å². The van der Waals surface area contributed by atoms with Crippen molar-refractivity contribution in [3.8, 4) is 11.4 Å². The van der Waals surface area contributed by atoms with Crippen LogP contribution in [-0.2, 0) is 0 Å². The second-order valence-electron chi connectivity index (χ2n) is 5.49. The smallest absolute Gasteiger partial charge is 0.168 e. The third-order valence-electron chi connectivity index (χ3n) is 3.87. The Labute approximate surface area is 150 Å². The highest BCUT2D eigenvalue weighted by atomic mass is 16.5. The van der Waals surface area contributed by atoms with Crippen LogP contribution in [0.4, 0.5) is 5.82 Å². The number of hydrazone groups is 1. The minimum atomic E-state index is 0.599. The number of hydrogen-bond donors (Lipinski definition) is 1. The van der Waals surface area contributed by atoms with Gasteiger partial charge in [-0.25, -0.2) is 14.6 Å². The van der Waals surface area contributed by atoms with Gasteiger partial charge < -0.3 is 4.74 Å². The fraction of sp³-hybridized carbons (Fsp3) is 0.0526. The van der Waals surface area contributed by atoms with E-state index in [1.165, 1.54) is 6.33 Å². The normalized spacial score (nSPS) is 11.1. The Morgan fingerprint density at radius 1 is 1.04 bits per heavy atom. The van der Waals surface area contributed by atoms with Crippen LogP contribution in [0, 0.1) is 0 Å². The van der Waals surface area contributed by atoms with Crippen LogP contribution < -0.4 is 10.2 Å². The number of rotatable bonds is 5. The highest BCUT2D eigenvalue weighted by Gasteiger charge is 2.10. The van der Waals surface area contributed by atoms with Gasteiger partial charge in [0.05, 0.1) is 30.6 Å². The maximum atomic E-state index is 5.14. The van der Waals surface area contributed by atoms with E-state index in [0.717, 1.165) is 22.4 Å². The number of anilines is 1. The first-order valence-electron chi connectivity index (χ1n) is 8.02. The lowest BCUT2D eigenvalue weighted by Crippen LogP contribution is -1.99. The van der Waals surface area contributed by atoms with Crippen molar-refractivity contribution in [2.24, 2.45) is 5.10 Å². The van der Waals surface area contributed by atoms with Crippen molar-refractivity contribution in [1.82, 2.24) is 19.7 Å². The number of hydrogen-bond acceptors (Lipinski definition) is 6. The molecule has 0 radical (unpaired) electrons. The first-order valence-corrected chi connectivity index (χ1v) is 8.02. The van der Waals surface area contributed by atoms with Gasteiger partial charge in [-0.3, -0.25) is 5.43 Å². The maximum absolute atomic E-state index is 5.14. The van der Waals surface area contributed by atoms with Crippen molar-refractivity contribution in [2.45, 2.75) is 0 Å². The molecule has 0 amide bonds. The topological polar surface area (TPSA) is 77.2 Å². The number of nitrogens with one attached hydrogen (secondary N) is 1. The molecule has 7 heteroatoms. The summed E-state index contributed by atoms with van der Waals surface area (Å²) in [6, 6.07) is 17.4. The molecule has 0 unspecified atom stereocenters. The van der Waals surface area contributed by atoms with Gasteiger partial charge in [0, 0.05) is 0 Å². The molecule has 0 aliphatic carbocycles. The van der Waals surface area contributed by atoms with Crippen LogP contribution in [0.25, 0.3) is 16.7 Å². The van der Waals surface area contributed by atoms with Gasteiger partial charge in [0.2, 0.25) is 0 Å². The summed E-state index contributed by atoms with van der Waals surface area (Å²) >= 11 is 0. The average molecular weight is 344 g/mol. The molecule has 0 bridgehead atoms. The second kappa shape index (κ2) is 7.02. The Morgan fingerprint density at radius 2 is 1.85 bits per heavy atom. The number of para-hydroxylation sites is 1. The molecule has 0 aliphatic rings. The lowest BCUT2D eigenvalue weighted by atomic mass is 10.2. The lowest BCUT2D eigenvalue weighted by molar-refractivity contribution is 0.415. The van der Waals surface area contributed by atoms with E-state index in [1.54, 1.807) is 24.2 Å². The van der Waals surface area contributed by atoms with Crippen LogP contribution in [0.1, 0.15) is 5.56 Å². The summed E-state index contributed by atoms with van der Waals surface area (Å²) in [5.74, 6) is 1.41. The van der Waals surface area contributed by atoms with Crippen molar-refractivity contribution in [1.29, 1.82) is 0 Å². The SMILES string of the molecule is COc1ccc(/C=N\Nc2ncnc3c2cnn3-c2ccccc2)cc1. The molecule has 0 aliphatic heterocycles. The van der Waals surface area contributed by atoms with E-state index in [4.69, 9.17) is 4.74 Å². The highest BCUT2D eigenvalue weighted by molar-refractivity contribution is 5.88. The predicted octanol–water partition coefficient (Wildman–Crippen LogP) is 3.27. The maximum Gasteiger partial charge on any atom is 0.168 e. The molecule has 0 atom stereocenters. The third-order valence-corrected chi connectivity index (χ3v) is 3.87. The molecule has 26 heavy (non-hydrogen) atoms. The van der Waals surface area contributed by atoms with Gasteiger partial charge in [0.1, 0.15) is 12.1 Å². The quantitative estimate of drug-likeness (QED) is 0.444. The van der Waals surface area contributed by atoms with Gasteiger partial charge in [-0.15, -0.1) is 0 Å². The second-order valence-corrected chi connectivity index (χ2v) is 5.49. The first kappa shape index (κ1) is 15.8. The van der Waals surface area contributed by atoms with E-state index in [9.17, 15) is 0 Å². The van der Waals surface area contributed by atoms with E-state index >= 15 is 0 Å². The van der Waals surface area contributed by atoms with E-state index in [2.05, 4.69) is 25.6 Å². The van der Waals surface area contributed by atoms with E-state index in [0.29, 0.717) is 11.5 Å². The van der Waals surface area contributed by atoms with Crippen molar-refractivity contribution in [3.63, 3.8) is 0 Å². The van der Waals surface area contributed by atoms with Crippen molar-refractivity contribution >= 4 is 23.1 Å². The number of benzene rings is 2. The van der Waals surface area contributed by atoms with Crippen molar-refractivity contribution < 1.29 is 4.74 Å². The predicted molar refractivity (Wildman–Crippen MR) is 101 cm³/mol. The van der Waals surface area contributed by atoms with Gasteiger partial charge >= 0.3 is 0 Å². The minimum absolute atomic E-state index is 0.599. The number of ether oxygens (including phenoxy) is 1. The van der Waals surface area contributed by atoms with Gasteiger partial charge in [0.15, 0.2) is 11.5 Å². The molecule has 2 aromatic heterocycles. The van der Waals surface area contributed by atoms with Crippen LogP contribution in [0.15, 0.2) is 72.2 Å². The van der Waals surface area contributed by atoms with Gasteiger partial charge in [-0.05, 0) is 42.0 Å². The molecule has 4 aromatic rings. The Morgan fingerprint density at radius 3 is 2.62 bits per heavy atom. The largest absolute Gasteiger partial charge is 0.497 e. The fourth-order valence-corrected chi connectivity index (χ4v) is 2.55. The summed E-state index contributed by atoms with van der Waals surface area (Å²) in [7, 11) is 1.64. The monoisotopic (exact) mass is 344 g/mol. The van der Waals surface area contributed by atoms with E-state index < -0.39 is 0 Å². The Bertz CT molecular complexity index is 1040.